The largest absolute Gasteiger partial charge is 0.490 e. The Balaban J connectivity index is 0.942. The van der Waals surface area contributed by atoms with Crippen molar-refractivity contribution in [2.24, 2.45) is 10.8 Å². The van der Waals surface area contributed by atoms with E-state index in [0.29, 0.717) is 17.3 Å². The normalized spacial score (nSPS) is 22.8. The van der Waals surface area contributed by atoms with E-state index in [1.807, 2.05) is 31.0 Å². The third kappa shape index (κ3) is 5.17. The van der Waals surface area contributed by atoms with Crippen molar-refractivity contribution >= 4 is 11.7 Å². The number of amides is 1. The van der Waals surface area contributed by atoms with Crippen molar-refractivity contribution in [3.63, 3.8) is 0 Å². The maximum absolute atomic E-state index is 14.6. The number of ether oxygens (including phenoxy) is 3. The predicted molar refractivity (Wildman–Crippen MR) is 169 cm³/mol. The average Bonchev–Trinajstić information content (AvgIpc) is 2.95. The topological polar surface area (TPSA) is 93.2 Å². The summed E-state index contributed by atoms with van der Waals surface area (Å²) in [6.07, 6.45) is 9.90. The summed E-state index contributed by atoms with van der Waals surface area (Å²) >= 11 is 0. The first-order valence-corrected chi connectivity index (χ1v) is 16.4. The fraction of sp³-hybridized carbons (Fsp3) is 0.543. The van der Waals surface area contributed by atoms with Crippen LogP contribution < -0.4 is 14.4 Å². The summed E-state index contributed by atoms with van der Waals surface area (Å²) in [5, 5.41) is 0. The fourth-order valence-corrected chi connectivity index (χ4v) is 8.22. The van der Waals surface area contributed by atoms with Gasteiger partial charge in [-0.2, -0.15) is 0 Å². The van der Waals surface area contributed by atoms with E-state index in [1.165, 1.54) is 30.1 Å². The van der Waals surface area contributed by atoms with Gasteiger partial charge in [-0.15, -0.1) is 0 Å². The molecule has 0 unspecified atom stereocenters. The molecule has 2 spiro atoms. The standard InChI is InChI=1S/C35H41FN6O4/c1-22(2)42(24-11-35(12-24)19-44-20-35)33(43)26-10-23(36)4-5-29(26)46-31-15-37-21-39-32(31)41-17-34(18-41)13-25(14-34)45-30-6-8-38-28-7-9-40(3)16-27(28)30/h4-6,8,10,15,21-22,24-25H,7,9,11-14,16-20H2,1-3H3. The lowest BCUT2D eigenvalue weighted by Crippen LogP contribution is -2.65. The number of anilines is 1. The number of hydrogen-bond donors (Lipinski definition) is 0. The lowest BCUT2D eigenvalue weighted by Gasteiger charge is -2.59. The number of halogens is 1. The van der Waals surface area contributed by atoms with Crippen LogP contribution in [0, 0.1) is 16.6 Å². The Kier molecular flexibility index (Phi) is 7.17. The fourth-order valence-electron chi connectivity index (χ4n) is 8.22. The molecule has 5 heterocycles. The Morgan fingerprint density at radius 1 is 1.07 bits per heavy atom. The third-order valence-corrected chi connectivity index (χ3v) is 10.6. The molecule has 3 aromatic rings. The number of fused-ring (bicyclic) bond motifs is 1. The van der Waals surface area contributed by atoms with E-state index in [-0.39, 0.29) is 40.5 Å². The van der Waals surface area contributed by atoms with Gasteiger partial charge in [0.25, 0.3) is 5.91 Å². The molecule has 2 saturated carbocycles. The van der Waals surface area contributed by atoms with Crippen LogP contribution in [-0.4, -0.2) is 88.7 Å². The van der Waals surface area contributed by atoms with Crippen molar-refractivity contribution in [3.8, 4) is 17.2 Å². The van der Waals surface area contributed by atoms with Crippen molar-refractivity contribution in [2.45, 2.75) is 70.7 Å². The molecule has 1 aromatic carbocycles. The van der Waals surface area contributed by atoms with Gasteiger partial charge in [-0.3, -0.25) is 9.78 Å². The van der Waals surface area contributed by atoms with Gasteiger partial charge in [0.2, 0.25) is 0 Å². The van der Waals surface area contributed by atoms with Crippen molar-refractivity contribution in [3.05, 3.63) is 65.6 Å². The van der Waals surface area contributed by atoms with Crippen LogP contribution in [0.1, 0.15) is 61.1 Å². The van der Waals surface area contributed by atoms with Crippen LogP contribution >= 0.6 is 0 Å². The number of carbonyl (C=O) groups excluding carboxylic acids is 1. The van der Waals surface area contributed by atoms with E-state index < -0.39 is 5.82 Å². The van der Waals surface area contributed by atoms with Crippen LogP contribution in [0.2, 0.25) is 0 Å². The molecule has 8 rings (SSSR count). The number of rotatable bonds is 8. The summed E-state index contributed by atoms with van der Waals surface area (Å²) in [5.74, 6) is 1.68. The number of nitrogens with zero attached hydrogens (tertiary/aromatic N) is 6. The molecular formula is C35H41FN6O4. The molecule has 10 nitrogen and oxygen atoms in total. The minimum absolute atomic E-state index is 0.0412. The van der Waals surface area contributed by atoms with Gasteiger partial charge in [-0.05, 0) is 70.8 Å². The lowest BCUT2D eigenvalue weighted by atomic mass is 9.61. The quantitative estimate of drug-likeness (QED) is 0.347. The highest BCUT2D eigenvalue weighted by Crippen LogP contribution is 2.53. The highest BCUT2D eigenvalue weighted by Gasteiger charge is 2.55. The van der Waals surface area contributed by atoms with Gasteiger partial charge in [-0.25, -0.2) is 14.4 Å². The van der Waals surface area contributed by atoms with Crippen molar-refractivity contribution in [1.29, 1.82) is 0 Å². The Morgan fingerprint density at radius 2 is 1.87 bits per heavy atom. The molecule has 1 amide bonds. The van der Waals surface area contributed by atoms with Gasteiger partial charge in [0.15, 0.2) is 11.6 Å². The minimum atomic E-state index is -0.479. The van der Waals surface area contributed by atoms with E-state index >= 15 is 0 Å². The number of benzene rings is 1. The Bertz CT molecular complexity index is 1640. The zero-order chi connectivity index (χ0) is 31.6. The molecule has 5 aliphatic rings. The number of hydrogen-bond acceptors (Lipinski definition) is 9. The van der Waals surface area contributed by atoms with Crippen LogP contribution in [0.5, 0.6) is 17.2 Å². The Morgan fingerprint density at radius 3 is 2.61 bits per heavy atom. The van der Waals surface area contributed by atoms with Gasteiger partial charge in [-0.1, -0.05) is 0 Å². The van der Waals surface area contributed by atoms with Crippen LogP contribution in [0.3, 0.4) is 0 Å². The van der Waals surface area contributed by atoms with E-state index in [2.05, 4.69) is 31.8 Å². The van der Waals surface area contributed by atoms with Gasteiger partial charge >= 0.3 is 0 Å². The lowest BCUT2D eigenvalue weighted by molar-refractivity contribution is -0.181. The first-order valence-electron chi connectivity index (χ1n) is 16.4. The second-order valence-electron chi connectivity index (χ2n) is 14.5. The second-order valence-corrected chi connectivity index (χ2v) is 14.5. The summed E-state index contributed by atoms with van der Waals surface area (Å²) in [6.45, 7) is 9.07. The van der Waals surface area contributed by atoms with Gasteiger partial charge in [0.05, 0.1) is 25.0 Å². The highest BCUT2D eigenvalue weighted by atomic mass is 19.1. The second kappa shape index (κ2) is 11.2. The minimum Gasteiger partial charge on any atom is -0.490 e. The van der Waals surface area contributed by atoms with Crippen LogP contribution in [0.4, 0.5) is 10.2 Å². The zero-order valence-electron chi connectivity index (χ0n) is 26.7. The monoisotopic (exact) mass is 628 g/mol. The molecule has 2 aliphatic carbocycles. The van der Waals surface area contributed by atoms with E-state index in [9.17, 15) is 9.18 Å². The predicted octanol–water partition coefficient (Wildman–Crippen LogP) is 4.87. The molecule has 0 bridgehead atoms. The Labute approximate surface area is 268 Å². The SMILES string of the molecule is CC(C)N(C(=O)c1cc(F)ccc1Oc1cncnc1N1CC2(CC(Oc3ccnc4c3CN(C)CC4)C2)C1)C1CC2(COC2)C1. The number of aromatic nitrogens is 3. The van der Waals surface area contributed by atoms with Crippen molar-refractivity contribution in [2.75, 3.05) is 44.8 Å². The van der Waals surface area contributed by atoms with Gasteiger partial charge < -0.3 is 28.9 Å². The molecule has 4 fully saturated rings. The first-order chi connectivity index (χ1) is 22.2. The average molecular weight is 629 g/mol. The first kappa shape index (κ1) is 29.6. The molecule has 0 radical (unpaired) electrons. The van der Waals surface area contributed by atoms with Crippen molar-refractivity contribution in [1.82, 2.24) is 24.8 Å². The van der Waals surface area contributed by atoms with Crippen LogP contribution in [0.25, 0.3) is 0 Å². The van der Waals surface area contributed by atoms with Gasteiger partial charge in [0, 0.05) is 73.0 Å². The third-order valence-electron chi connectivity index (χ3n) is 10.6. The molecule has 0 atom stereocenters. The highest BCUT2D eigenvalue weighted by molar-refractivity contribution is 5.97. The molecule has 11 heteroatoms. The molecule has 3 aliphatic heterocycles. The summed E-state index contributed by atoms with van der Waals surface area (Å²) in [5.41, 5.74) is 2.95. The molecule has 242 valence electrons. The van der Waals surface area contributed by atoms with E-state index in [1.54, 1.807) is 6.20 Å². The maximum Gasteiger partial charge on any atom is 0.258 e. The van der Waals surface area contributed by atoms with Crippen LogP contribution in [0.15, 0.2) is 43.0 Å². The summed E-state index contributed by atoms with van der Waals surface area (Å²) in [6, 6.07) is 6.19. The molecule has 46 heavy (non-hydrogen) atoms. The summed E-state index contributed by atoms with van der Waals surface area (Å²) in [7, 11) is 2.14. The zero-order valence-corrected chi connectivity index (χ0v) is 26.7. The molecule has 0 N–H and O–H groups in total. The van der Waals surface area contributed by atoms with E-state index in [0.717, 1.165) is 82.9 Å². The summed E-state index contributed by atoms with van der Waals surface area (Å²) in [4.78, 5) is 33.7. The number of likely N-dealkylation sites (N-methyl/N-ethyl adjacent to an activating group) is 1. The molecular weight excluding hydrogens is 587 g/mol. The molecule has 2 aromatic heterocycles. The number of carbonyl (C=O) groups is 1. The Hall–Kier alpha value is -3.83. The summed E-state index contributed by atoms with van der Waals surface area (Å²) < 4.78 is 32.9. The van der Waals surface area contributed by atoms with Crippen LogP contribution in [-0.2, 0) is 17.7 Å². The van der Waals surface area contributed by atoms with Crippen molar-refractivity contribution < 1.29 is 23.4 Å². The van der Waals surface area contributed by atoms with Gasteiger partial charge in [0.1, 0.15) is 29.7 Å². The van der Waals surface area contributed by atoms with E-state index in [4.69, 9.17) is 14.2 Å². The molecule has 2 saturated heterocycles. The smallest absolute Gasteiger partial charge is 0.258 e. The number of pyridine rings is 1. The maximum atomic E-state index is 14.6.